The number of aryl methyl sites for hydroxylation is 2. The maximum Gasteiger partial charge on any atom is 0.294 e. The summed E-state index contributed by atoms with van der Waals surface area (Å²) in [5.74, 6) is 0.753. The van der Waals surface area contributed by atoms with E-state index in [9.17, 15) is 28.2 Å². The average Bonchev–Trinajstić information content (AvgIpc) is 1.61. The Balaban J connectivity index is 0.000000192. The van der Waals surface area contributed by atoms with Gasteiger partial charge >= 0.3 is 0 Å². The maximum atomic E-state index is 12.8. The number of para-hydroxylation sites is 1. The molecule has 24 heteroatoms. The molecule has 0 bridgehead atoms. The number of sulfonamides is 1. The third-order valence-electron chi connectivity index (χ3n) is 14.6. The summed E-state index contributed by atoms with van der Waals surface area (Å²) >= 11 is 0. The van der Waals surface area contributed by atoms with Crippen LogP contribution in [0, 0.1) is 31.4 Å². The van der Waals surface area contributed by atoms with Crippen molar-refractivity contribution in [1.29, 1.82) is 5.26 Å². The van der Waals surface area contributed by atoms with Gasteiger partial charge in [-0.3, -0.25) is 14.7 Å². The number of nitrogens with two attached hydrogens (primary N) is 3. The van der Waals surface area contributed by atoms with Gasteiger partial charge < -0.3 is 46.6 Å². The van der Waals surface area contributed by atoms with Gasteiger partial charge in [-0.25, -0.2) is 42.8 Å². The number of nitrogen functional groups attached to an aromatic ring is 2. The lowest BCUT2D eigenvalue weighted by Crippen LogP contribution is -2.46. The summed E-state index contributed by atoms with van der Waals surface area (Å²) in [4.78, 5) is 47.8. The minimum Gasteiger partial charge on any atom is -0.457 e. The highest BCUT2D eigenvalue weighted by Crippen LogP contribution is 2.40. The van der Waals surface area contributed by atoms with E-state index >= 15 is 0 Å². The van der Waals surface area contributed by atoms with Crippen LogP contribution in [0.2, 0.25) is 0 Å². The number of hydrogen-bond donors (Lipinski definition) is 8. The Bertz CT molecular complexity index is 4980. The van der Waals surface area contributed by atoms with E-state index in [1.807, 2.05) is 157 Å². The number of fused-ring (bicyclic) bond motifs is 3. The topological polar surface area (TPSA) is 343 Å². The van der Waals surface area contributed by atoms with Crippen molar-refractivity contribution in [3.8, 4) is 56.8 Å². The number of nitriles is 1. The Labute approximate surface area is 555 Å². The fraction of sp³-hybridized carbons (Fsp3) is 0.167. The van der Waals surface area contributed by atoms with Crippen molar-refractivity contribution in [2.75, 3.05) is 24.7 Å². The molecular formula is C72H70N16O7S. The molecule has 11 rings (SSSR count). The lowest BCUT2D eigenvalue weighted by molar-refractivity contribution is -0.119. The van der Waals surface area contributed by atoms with E-state index in [0.717, 1.165) is 61.4 Å². The summed E-state index contributed by atoms with van der Waals surface area (Å²) in [6, 6.07) is 49.1. The quantitative estimate of drug-likeness (QED) is 0.0212. The van der Waals surface area contributed by atoms with Crippen LogP contribution in [0.4, 0.5) is 11.6 Å². The van der Waals surface area contributed by atoms with Crippen LogP contribution in [0.15, 0.2) is 187 Å². The molecular weight excluding hydrogens is 1230 g/mol. The van der Waals surface area contributed by atoms with Crippen molar-refractivity contribution in [2.24, 2.45) is 5.73 Å². The number of nitrogens with one attached hydrogen (secondary N) is 3. The molecule has 5 aromatic heterocycles. The Kier molecular flexibility index (Phi) is 22.5. The van der Waals surface area contributed by atoms with E-state index in [-0.39, 0.29) is 43.8 Å². The first-order valence-corrected chi connectivity index (χ1v) is 31.1. The summed E-state index contributed by atoms with van der Waals surface area (Å²) in [6.07, 6.45) is 9.44. The molecule has 0 aliphatic carbocycles. The molecule has 0 spiro atoms. The molecule has 0 aliphatic heterocycles. The minimum absolute atomic E-state index is 0. The van der Waals surface area contributed by atoms with Gasteiger partial charge in [-0.1, -0.05) is 116 Å². The lowest BCUT2D eigenvalue weighted by Gasteiger charge is -2.23. The van der Waals surface area contributed by atoms with Crippen LogP contribution >= 0.6 is 0 Å². The molecule has 0 saturated heterocycles. The Hall–Kier alpha value is -12.1. The number of ether oxygens (including phenoxy) is 1. The smallest absolute Gasteiger partial charge is 0.294 e. The van der Waals surface area contributed by atoms with Crippen LogP contribution in [-0.4, -0.2) is 94.5 Å². The molecule has 23 nitrogen and oxygen atoms in total. The number of anilines is 2. The molecule has 0 fully saturated rings. The van der Waals surface area contributed by atoms with E-state index in [0.29, 0.717) is 63.4 Å². The van der Waals surface area contributed by atoms with Crippen molar-refractivity contribution in [3.05, 3.63) is 232 Å². The zero-order valence-corrected chi connectivity index (χ0v) is 53.2. The zero-order chi connectivity index (χ0) is 68.0. The second-order valence-electron chi connectivity index (χ2n) is 22.5. The van der Waals surface area contributed by atoms with Gasteiger partial charge in [-0.05, 0) is 130 Å². The number of primary amides is 1. The van der Waals surface area contributed by atoms with Crippen molar-refractivity contribution in [1.82, 2.24) is 49.3 Å². The lowest BCUT2D eigenvalue weighted by atomic mass is 10.0. The number of H-pyrrole nitrogens is 1. The van der Waals surface area contributed by atoms with Gasteiger partial charge in [0.15, 0.2) is 5.65 Å². The van der Waals surface area contributed by atoms with E-state index in [1.165, 1.54) is 30.9 Å². The number of amides is 2. The minimum atomic E-state index is -4.03. The second-order valence-corrected chi connectivity index (χ2v) is 24.2. The summed E-state index contributed by atoms with van der Waals surface area (Å²) in [7, 11) is -4.03. The van der Waals surface area contributed by atoms with Gasteiger partial charge in [0.2, 0.25) is 10.0 Å². The largest absolute Gasteiger partial charge is 0.457 e. The van der Waals surface area contributed by atoms with Crippen LogP contribution in [0.3, 0.4) is 0 Å². The number of carbonyl (C=O) groups is 2. The molecule has 0 aliphatic rings. The third kappa shape index (κ3) is 16.4. The van der Waals surface area contributed by atoms with Crippen LogP contribution in [0.1, 0.15) is 63.9 Å². The van der Waals surface area contributed by atoms with Crippen molar-refractivity contribution >= 4 is 84.7 Å². The predicted molar refractivity (Wildman–Crippen MR) is 376 cm³/mol. The van der Waals surface area contributed by atoms with Crippen LogP contribution < -0.4 is 32.0 Å². The number of benzene rings is 6. The number of rotatable bonds is 19. The van der Waals surface area contributed by atoms with E-state index < -0.39 is 32.4 Å². The van der Waals surface area contributed by atoms with Gasteiger partial charge in [0.05, 0.1) is 47.3 Å². The number of aliphatic hydroxyl groups is 2. The molecule has 5 heterocycles. The highest BCUT2D eigenvalue weighted by atomic mass is 32.2. The van der Waals surface area contributed by atoms with Crippen molar-refractivity contribution < 1.29 is 33.0 Å². The molecule has 6 aromatic carbocycles. The summed E-state index contributed by atoms with van der Waals surface area (Å²) in [6.45, 7) is 23.8. The van der Waals surface area contributed by atoms with Gasteiger partial charge in [0.1, 0.15) is 53.1 Å². The Morgan fingerprint density at radius 2 is 1.41 bits per heavy atom. The number of hydrogen-bond acceptors (Lipinski definition) is 15. The van der Waals surface area contributed by atoms with Crippen LogP contribution in [0.25, 0.3) is 100 Å². The number of aromatic nitrogens is 8. The molecule has 11 N–H and O–H groups in total. The van der Waals surface area contributed by atoms with Gasteiger partial charge in [0, 0.05) is 58.8 Å². The molecule has 0 atom stereocenters. The summed E-state index contributed by atoms with van der Waals surface area (Å²) < 4.78 is 37.6. The number of aliphatic hydroxyl groups excluding tert-OH is 2. The highest BCUT2D eigenvalue weighted by Gasteiger charge is 2.27. The normalized spacial score (nSPS) is 11.7. The first kappa shape index (κ1) is 69.8. The number of carbonyl (C=O) groups excluding carboxylic acids is 2. The van der Waals surface area contributed by atoms with Crippen LogP contribution in [-0.2, 0) is 26.2 Å². The van der Waals surface area contributed by atoms with E-state index in [4.69, 9.17) is 40.3 Å². The monoisotopic (exact) mass is 1300 g/mol. The van der Waals surface area contributed by atoms with Crippen molar-refractivity contribution in [2.45, 2.75) is 66.6 Å². The fourth-order valence-corrected chi connectivity index (χ4v) is 11.2. The Morgan fingerprint density at radius 1 is 0.771 bits per heavy atom. The first-order valence-electron chi connectivity index (χ1n) is 29.6. The van der Waals surface area contributed by atoms with Crippen LogP contribution in [0.5, 0.6) is 11.5 Å². The van der Waals surface area contributed by atoms with Gasteiger partial charge in [-0.2, -0.15) is 10.4 Å². The molecule has 11 aromatic rings. The molecule has 96 heavy (non-hydrogen) atoms. The van der Waals surface area contributed by atoms with Gasteiger partial charge in [0.25, 0.3) is 22.5 Å². The first-order chi connectivity index (χ1) is 45.7. The highest BCUT2D eigenvalue weighted by molar-refractivity contribution is 7.93. The fourth-order valence-electron chi connectivity index (χ4n) is 10.1. The molecule has 0 unspecified atom stereocenters. The standard InChI is InChI=1S/C32H28N6O3.C22H26N6O3S.C17H12N4O.CH4/c1-32(2,19-39)37-31(40)27(34-3)17-21-8-7-9-23(16-21)38-18-26(28-29(33)35-20-36-30(28)38)22-12-14-25(15-13-22)41-24-10-5-4-6-11-24;1-14(2)27-32(30,31)18(24-4)12-17-19(16-8-6-15(3)7-9-16)20-21(23)25-13-26-22(20)28(17)10-5-11-29;18-10-13(17(19)22)8-11-6-7-15-14(9-11)16(21-20-15)12-4-2-1-3-5-12;/h4-18,20,39H,19H2,1-2H3,(H,37,40)(H2,33,35,36);6-9,12-14,27,29H,5,10-11H2,1-3H3,(H2,23,25,26);1-9H,(H2,19,22)(H,20,21);1H4/b27-17-;18-12+;13-8+;. The molecule has 0 radical (unpaired) electrons. The molecule has 2 amide bonds. The SMILES string of the molecule is C.N#C/C(=C\c1ccc2[nH]nc(-c3ccccc3)c2c1)C(N)=O.[C-]#[N+]/C(=C\c1c(-c2ccc(C)cc2)c2c(N)ncnc2n1CCCO)S(=O)(=O)NC(C)C.[C-]#[N+]/C(=C\c1cccc(-n2cc(-c3ccc(Oc4ccccc4)cc3)c3c(N)ncnc32)c1)C(=O)NC(C)(C)CO. The molecule has 486 valence electrons. The van der Waals surface area contributed by atoms with Crippen molar-refractivity contribution in [3.63, 3.8) is 0 Å². The average molecular weight is 1300 g/mol. The summed E-state index contributed by atoms with van der Waals surface area (Å²) in [5.41, 5.74) is 27.3. The van der Waals surface area contributed by atoms with Gasteiger partial charge in [-0.15, -0.1) is 0 Å². The maximum absolute atomic E-state index is 12.8. The van der Waals surface area contributed by atoms with E-state index in [1.54, 1.807) is 50.5 Å². The Morgan fingerprint density at radius 3 is 2.03 bits per heavy atom. The summed E-state index contributed by atoms with van der Waals surface area (Å²) in [5, 5.41) is 39.6. The third-order valence-corrected chi connectivity index (χ3v) is 16.1. The van der Waals surface area contributed by atoms with E-state index in [2.05, 4.69) is 49.9 Å². The number of aromatic amines is 1. The zero-order valence-electron chi connectivity index (χ0n) is 52.4. The predicted octanol–water partition coefficient (Wildman–Crippen LogP) is 11.8. The second kappa shape index (κ2) is 31.0. The number of nitrogens with zero attached hydrogens (tertiary/aromatic N) is 10. The molecule has 0 saturated carbocycles.